The van der Waals surface area contributed by atoms with Crippen LogP contribution in [0.25, 0.3) is 0 Å². The van der Waals surface area contributed by atoms with Gasteiger partial charge in [0, 0.05) is 6.54 Å². The lowest BCUT2D eigenvalue weighted by Crippen LogP contribution is -2.30. The summed E-state index contributed by atoms with van der Waals surface area (Å²) in [6.07, 6.45) is -0.193. The predicted octanol–water partition coefficient (Wildman–Crippen LogP) is 2.18. The molecule has 0 aromatic heterocycles. The van der Waals surface area contributed by atoms with Gasteiger partial charge in [-0.3, -0.25) is 4.79 Å². The number of aliphatic hydroxyl groups excluding tert-OH is 1. The lowest BCUT2D eigenvalue weighted by atomic mass is 10.1. The van der Waals surface area contributed by atoms with Crippen molar-refractivity contribution in [2.75, 3.05) is 13.2 Å². The van der Waals surface area contributed by atoms with Gasteiger partial charge in [-0.15, -0.1) is 0 Å². The fourth-order valence-electron chi connectivity index (χ4n) is 2.07. The van der Waals surface area contributed by atoms with E-state index in [9.17, 15) is 9.90 Å². The highest BCUT2D eigenvalue weighted by molar-refractivity contribution is 5.77. The first-order chi connectivity index (χ1) is 11.2. The third-order valence-electron chi connectivity index (χ3n) is 3.29. The van der Waals surface area contributed by atoms with Crippen molar-refractivity contribution in [1.29, 1.82) is 5.26 Å². The van der Waals surface area contributed by atoms with Gasteiger partial charge in [0.15, 0.2) is 6.61 Å². The molecule has 23 heavy (non-hydrogen) atoms. The lowest BCUT2D eigenvalue weighted by Gasteiger charge is -2.12. The van der Waals surface area contributed by atoms with Crippen molar-refractivity contribution >= 4 is 5.91 Å². The normalized spacial score (nSPS) is 11.3. The highest BCUT2D eigenvalue weighted by Crippen LogP contribution is 2.16. The molecule has 2 aromatic carbocycles. The highest BCUT2D eigenvalue weighted by atomic mass is 16.5. The van der Waals surface area contributed by atoms with Gasteiger partial charge in [0.25, 0.3) is 5.91 Å². The van der Waals surface area contributed by atoms with Crippen molar-refractivity contribution in [2.24, 2.45) is 0 Å². The molecule has 0 aliphatic carbocycles. The van der Waals surface area contributed by atoms with E-state index in [1.54, 1.807) is 24.3 Å². The molecule has 0 bridgehead atoms. The molecule has 5 nitrogen and oxygen atoms in total. The fraction of sp³-hybridized carbons (Fsp3) is 0.222. The smallest absolute Gasteiger partial charge is 0.257 e. The molecular formula is C18H18N2O3. The summed E-state index contributed by atoms with van der Waals surface area (Å²) in [5.41, 5.74) is 1.21. The van der Waals surface area contributed by atoms with Crippen LogP contribution in [-0.4, -0.2) is 24.2 Å². The van der Waals surface area contributed by atoms with Crippen LogP contribution in [0.15, 0.2) is 54.6 Å². The fourth-order valence-corrected chi connectivity index (χ4v) is 2.07. The van der Waals surface area contributed by atoms with Gasteiger partial charge in [-0.2, -0.15) is 5.26 Å². The average molecular weight is 310 g/mol. The number of rotatable bonds is 7. The Morgan fingerprint density at radius 3 is 2.61 bits per heavy atom. The summed E-state index contributed by atoms with van der Waals surface area (Å²) in [4.78, 5) is 11.7. The van der Waals surface area contributed by atoms with Crippen LogP contribution in [-0.2, 0) is 4.79 Å². The Hall–Kier alpha value is -2.84. The maximum Gasteiger partial charge on any atom is 0.257 e. The summed E-state index contributed by atoms with van der Waals surface area (Å²) in [6, 6.07) is 18.0. The molecule has 1 unspecified atom stereocenters. The van der Waals surface area contributed by atoms with Gasteiger partial charge in [-0.05, 0) is 24.1 Å². The van der Waals surface area contributed by atoms with Gasteiger partial charge in [-0.1, -0.05) is 42.5 Å². The van der Waals surface area contributed by atoms with Gasteiger partial charge < -0.3 is 15.2 Å². The average Bonchev–Trinajstić information content (AvgIpc) is 2.60. The minimum absolute atomic E-state index is 0.167. The SMILES string of the molecule is N#Cc1ccccc1OCC(=O)NCCC(O)c1ccccc1. The molecule has 5 heteroatoms. The van der Waals surface area contributed by atoms with E-state index in [1.807, 2.05) is 36.4 Å². The number of aliphatic hydroxyl groups is 1. The first kappa shape index (κ1) is 16.5. The number of hydrogen-bond donors (Lipinski definition) is 2. The van der Waals surface area contributed by atoms with Crippen molar-refractivity contribution in [3.05, 3.63) is 65.7 Å². The second-order valence-corrected chi connectivity index (χ2v) is 4.96. The maximum absolute atomic E-state index is 11.7. The van der Waals surface area contributed by atoms with Crippen molar-refractivity contribution in [3.8, 4) is 11.8 Å². The van der Waals surface area contributed by atoms with E-state index in [4.69, 9.17) is 10.00 Å². The van der Waals surface area contributed by atoms with Crippen molar-refractivity contribution < 1.29 is 14.6 Å². The zero-order valence-corrected chi connectivity index (χ0v) is 12.6. The van der Waals surface area contributed by atoms with Crippen LogP contribution in [0.2, 0.25) is 0 Å². The minimum Gasteiger partial charge on any atom is -0.482 e. The molecule has 0 saturated heterocycles. The molecule has 0 aliphatic rings. The van der Waals surface area contributed by atoms with Crippen LogP contribution >= 0.6 is 0 Å². The Morgan fingerprint density at radius 1 is 1.17 bits per heavy atom. The molecule has 0 aliphatic heterocycles. The summed E-state index contributed by atoms with van der Waals surface area (Å²) >= 11 is 0. The van der Waals surface area contributed by atoms with Crippen molar-refractivity contribution in [1.82, 2.24) is 5.32 Å². The van der Waals surface area contributed by atoms with Gasteiger partial charge in [0.05, 0.1) is 11.7 Å². The first-order valence-electron chi connectivity index (χ1n) is 7.32. The molecule has 1 atom stereocenters. The maximum atomic E-state index is 11.7. The van der Waals surface area contributed by atoms with E-state index in [-0.39, 0.29) is 12.5 Å². The molecule has 2 aromatic rings. The molecule has 0 heterocycles. The van der Waals surface area contributed by atoms with Gasteiger partial charge >= 0.3 is 0 Å². The van der Waals surface area contributed by atoms with E-state index in [2.05, 4.69) is 5.32 Å². The summed E-state index contributed by atoms with van der Waals surface area (Å²) in [7, 11) is 0. The third-order valence-corrected chi connectivity index (χ3v) is 3.29. The number of carbonyl (C=O) groups is 1. The lowest BCUT2D eigenvalue weighted by molar-refractivity contribution is -0.123. The summed E-state index contributed by atoms with van der Waals surface area (Å²) < 4.78 is 5.33. The second-order valence-electron chi connectivity index (χ2n) is 4.96. The number of amides is 1. The van der Waals surface area contributed by atoms with Crippen LogP contribution in [0, 0.1) is 11.3 Å². The largest absolute Gasteiger partial charge is 0.482 e. The van der Waals surface area contributed by atoms with E-state index in [1.165, 1.54) is 0 Å². The Labute approximate surface area is 135 Å². The van der Waals surface area contributed by atoms with Gasteiger partial charge in [0.1, 0.15) is 11.8 Å². The Morgan fingerprint density at radius 2 is 1.87 bits per heavy atom. The number of nitriles is 1. The molecule has 0 radical (unpaired) electrons. The molecule has 0 fully saturated rings. The van der Waals surface area contributed by atoms with E-state index in [0.29, 0.717) is 24.3 Å². The second kappa shape index (κ2) is 8.57. The molecule has 0 saturated carbocycles. The van der Waals surface area contributed by atoms with E-state index < -0.39 is 6.10 Å². The van der Waals surface area contributed by atoms with Crippen LogP contribution in [0.1, 0.15) is 23.7 Å². The van der Waals surface area contributed by atoms with E-state index in [0.717, 1.165) is 5.56 Å². The molecule has 0 spiro atoms. The van der Waals surface area contributed by atoms with Gasteiger partial charge in [-0.25, -0.2) is 0 Å². The molecular weight excluding hydrogens is 292 g/mol. The Bertz CT molecular complexity index is 680. The number of hydrogen-bond acceptors (Lipinski definition) is 4. The van der Waals surface area contributed by atoms with Gasteiger partial charge in [0.2, 0.25) is 0 Å². The number of ether oxygens (including phenoxy) is 1. The zero-order chi connectivity index (χ0) is 16.5. The van der Waals surface area contributed by atoms with Crippen molar-refractivity contribution in [2.45, 2.75) is 12.5 Å². The molecule has 1 amide bonds. The highest BCUT2D eigenvalue weighted by Gasteiger charge is 2.09. The van der Waals surface area contributed by atoms with Crippen LogP contribution in [0.5, 0.6) is 5.75 Å². The molecule has 2 N–H and O–H groups in total. The van der Waals surface area contributed by atoms with Crippen molar-refractivity contribution in [3.63, 3.8) is 0 Å². The number of para-hydroxylation sites is 1. The third kappa shape index (κ3) is 5.13. The zero-order valence-electron chi connectivity index (χ0n) is 12.6. The standard InChI is InChI=1S/C18H18N2O3/c19-12-15-8-4-5-9-17(15)23-13-18(22)20-11-10-16(21)14-6-2-1-3-7-14/h1-9,16,21H,10-11,13H2,(H,20,22). The number of carbonyl (C=O) groups excluding carboxylic acids is 1. The first-order valence-corrected chi connectivity index (χ1v) is 7.32. The quantitative estimate of drug-likeness (QED) is 0.821. The Kier molecular flexibility index (Phi) is 6.16. The van der Waals surface area contributed by atoms with Crippen LogP contribution in [0.4, 0.5) is 0 Å². The number of benzene rings is 2. The topological polar surface area (TPSA) is 82.3 Å². The van der Waals surface area contributed by atoms with E-state index >= 15 is 0 Å². The molecule has 118 valence electrons. The minimum atomic E-state index is -0.614. The summed E-state index contributed by atoms with van der Waals surface area (Å²) in [5.74, 6) is 0.0903. The Balaban J connectivity index is 1.72. The van der Waals surface area contributed by atoms with Crippen LogP contribution in [0.3, 0.4) is 0 Å². The number of nitrogens with one attached hydrogen (secondary N) is 1. The summed E-state index contributed by atoms with van der Waals surface area (Å²) in [5, 5.41) is 21.6. The summed E-state index contributed by atoms with van der Waals surface area (Å²) in [6.45, 7) is 0.179. The molecule has 2 rings (SSSR count). The van der Waals surface area contributed by atoms with Crippen LogP contribution < -0.4 is 10.1 Å². The predicted molar refractivity (Wildman–Crippen MR) is 85.7 cm³/mol. The number of nitrogens with zero attached hydrogens (tertiary/aromatic N) is 1. The monoisotopic (exact) mass is 310 g/mol.